The highest BCUT2D eigenvalue weighted by molar-refractivity contribution is 5.75. The van der Waals surface area contributed by atoms with E-state index in [-0.39, 0.29) is 0 Å². The molecule has 0 unspecified atom stereocenters. The fourth-order valence-corrected chi connectivity index (χ4v) is 2.93. The Labute approximate surface area is 113 Å². The zero-order valence-electron chi connectivity index (χ0n) is 11.2. The van der Waals surface area contributed by atoms with Gasteiger partial charge in [0.25, 0.3) is 0 Å². The van der Waals surface area contributed by atoms with Crippen molar-refractivity contribution in [3.63, 3.8) is 0 Å². The van der Waals surface area contributed by atoms with Crippen LogP contribution < -0.4 is 5.73 Å². The van der Waals surface area contributed by atoms with Crippen LogP contribution in [0, 0.1) is 5.92 Å². The summed E-state index contributed by atoms with van der Waals surface area (Å²) in [6, 6.07) is 3.91. The molecule has 0 aromatic carbocycles. The largest absolute Gasteiger partial charge is 0.380 e. The highest BCUT2D eigenvalue weighted by Crippen LogP contribution is 2.41. The molecule has 1 saturated carbocycles. The van der Waals surface area contributed by atoms with Crippen molar-refractivity contribution >= 4 is 5.82 Å². The SMILES string of the molecule is CC1CCC(c2onc(N)c2-c2ccncc2)CC1. The zero-order valence-corrected chi connectivity index (χ0v) is 11.2. The van der Waals surface area contributed by atoms with E-state index in [1.54, 1.807) is 12.4 Å². The Morgan fingerprint density at radius 2 is 1.84 bits per heavy atom. The Balaban J connectivity index is 1.95. The van der Waals surface area contributed by atoms with Crippen LogP contribution in [0.3, 0.4) is 0 Å². The summed E-state index contributed by atoms with van der Waals surface area (Å²) < 4.78 is 5.53. The van der Waals surface area contributed by atoms with Crippen LogP contribution in [0.15, 0.2) is 29.0 Å². The van der Waals surface area contributed by atoms with E-state index in [0.717, 1.165) is 35.6 Å². The molecule has 0 aliphatic heterocycles. The quantitative estimate of drug-likeness (QED) is 0.892. The Bertz CT molecular complexity index is 542. The van der Waals surface area contributed by atoms with E-state index in [2.05, 4.69) is 17.1 Å². The minimum atomic E-state index is 0.448. The van der Waals surface area contributed by atoms with Gasteiger partial charge in [-0.2, -0.15) is 0 Å². The molecule has 3 rings (SSSR count). The molecule has 1 aliphatic rings. The second-order valence-electron chi connectivity index (χ2n) is 5.50. The average Bonchev–Trinajstić information content (AvgIpc) is 2.82. The molecular weight excluding hydrogens is 238 g/mol. The van der Waals surface area contributed by atoms with E-state index >= 15 is 0 Å². The van der Waals surface area contributed by atoms with Crippen LogP contribution in [-0.2, 0) is 0 Å². The van der Waals surface area contributed by atoms with Gasteiger partial charge in [0.15, 0.2) is 5.82 Å². The maximum atomic E-state index is 5.98. The maximum Gasteiger partial charge on any atom is 0.175 e. The van der Waals surface area contributed by atoms with E-state index in [1.807, 2.05) is 12.1 Å². The molecule has 19 heavy (non-hydrogen) atoms. The van der Waals surface area contributed by atoms with E-state index in [9.17, 15) is 0 Å². The third kappa shape index (κ3) is 2.35. The van der Waals surface area contributed by atoms with Crippen molar-refractivity contribution in [2.75, 3.05) is 5.73 Å². The predicted octanol–water partition coefficient (Wildman–Crippen LogP) is 3.61. The number of hydrogen-bond acceptors (Lipinski definition) is 4. The lowest BCUT2D eigenvalue weighted by molar-refractivity contribution is 0.289. The molecule has 4 nitrogen and oxygen atoms in total. The van der Waals surface area contributed by atoms with Gasteiger partial charge in [0.1, 0.15) is 5.76 Å². The second kappa shape index (κ2) is 5.03. The monoisotopic (exact) mass is 257 g/mol. The molecule has 4 heteroatoms. The zero-order chi connectivity index (χ0) is 13.2. The Morgan fingerprint density at radius 1 is 1.16 bits per heavy atom. The van der Waals surface area contributed by atoms with E-state index in [1.165, 1.54) is 12.8 Å². The van der Waals surface area contributed by atoms with Crippen molar-refractivity contribution in [2.24, 2.45) is 5.92 Å². The molecule has 2 aromatic rings. The molecule has 2 N–H and O–H groups in total. The number of hydrogen-bond donors (Lipinski definition) is 1. The van der Waals surface area contributed by atoms with Gasteiger partial charge in [0.05, 0.1) is 5.56 Å². The van der Waals surface area contributed by atoms with Crippen molar-refractivity contribution < 1.29 is 4.52 Å². The van der Waals surface area contributed by atoms with Crippen molar-refractivity contribution in [2.45, 2.75) is 38.5 Å². The second-order valence-corrected chi connectivity index (χ2v) is 5.50. The van der Waals surface area contributed by atoms with Gasteiger partial charge >= 0.3 is 0 Å². The summed E-state index contributed by atoms with van der Waals surface area (Å²) in [5, 5.41) is 3.97. The summed E-state index contributed by atoms with van der Waals surface area (Å²) in [7, 11) is 0. The lowest BCUT2D eigenvalue weighted by atomic mass is 9.80. The van der Waals surface area contributed by atoms with E-state index in [0.29, 0.717) is 11.7 Å². The van der Waals surface area contributed by atoms with Gasteiger partial charge < -0.3 is 10.3 Å². The molecule has 100 valence electrons. The summed E-state index contributed by atoms with van der Waals surface area (Å²) in [6.45, 7) is 2.31. The fraction of sp³-hybridized carbons (Fsp3) is 0.467. The van der Waals surface area contributed by atoms with Gasteiger partial charge in [-0.15, -0.1) is 0 Å². The van der Waals surface area contributed by atoms with Crippen LogP contribution in [0.4, 0.5) is 5.82 Å². The third-order valence-electron chi connectivity index (χ3n) is 4.10. The number of anilines is 1. The van der Waals surface area contributed by atoms with Crippen molar-refractivity contribution in [1.82, 2.24) is 10.1 Å². The van der Waals surface area contributed by atoms with Crippen LogP contribution >= 0.6 is 0 Å². The summed E-state index contributed by atoms with van der Waals surface area (Å²) >= 11 is 0. The van der Waals surface area contributed by atoms with Crippen molar-refractivity contribution in [3.8, 4) is 11.1 Å². The minimum absolute atomic E-state index is 0.448. The maximum absolute atomic E-state index is 5.98. The molecular formula is C15H19N3O. The van der Waals surface area contributed by atoms with E-state index in [4.69, 9.17) is 10.3 Å². The van der Waals surface area contributed by atoms with Gasteiger partial charge in [-0.25, -0.2) is 0 Å². The lowest BCUT2D eigenvalue weighted by Gasteiger charge is -2.24. The fourth-order valence-electron chi connectivity index (χ4n) is 2.93. The number of rotatable bonds is 2. The predicted molar refractivity (Wildman–Crippen MR) is 74.5 cm³/mol. The third-order valence-corrected chi connectivity index (χ3v) is 4.10. The van der Waals surface area contributed by atoms with Crippen LogP contribution in [0.5, 0.6) is 0 Å². The molecule has 0 saturated heterocycles. The first-order valence-electron chi connectivity index (χ1n) is 6.91. The van der Waals surface area contributed by atoms with Crippen molar-refractivity contribution in [3.05, 3.63) is 30.3 Å². The first kappa shape index (κ1) is 12.2. The Kier molecular flexibility index (Phi) is 3.23. The smallest absolute Gasteiger partial charge is 0.175 e. The van der Waals surface area contributed by atoms with E-state index < -0.39 is 0 Å². The average molecular weight is 257 g/mol. The number of aromatic nitrogens is 2. The van der Waals surface area contributed by atoms with Crippen LogP contribution in [-0.4, -0.2) is 10.1 Å². The summed E-state index contributed by atoms with van der Waals surface area (Å²) in [6.07, 6.45) is 8.37. The van der Waals surface area contributed by atoms with Crippen LogP contribution in [0.25, 0.3) is 11.1 Å². The minimum Gasteiger partial charge on any atom is -0.380 e. The standard InChI is InChI=1S/C15H19N3O/c1-10-2-4-12(5-3-10)14-13(15(16)18-19-14)11-6-8-17-9-7-11/h6-10,12H,2-5H2,1H3,(H2,16,18). The number of pyridine rings is 1. The summed E-state index contributed by atoms with van der Waals surface area (Å²) in [5.74, 6) is 2.71. The first-order chi connectivity index (χ1) is 9.25. The van der Waals surface area contributed by atoms with Gasteiger partial charge in [0.2, 0.25) is 0 Å². The molecule has 1 fully saturated rings. The molecule has 2 aromatic heterocycles. The van der Waals surface area contributed by atoms with Gasteiger partial charge in [0, 0.05) is 18.3 Å². The molecule has 0 bridgehead atoms. The highest BCUT2D eigenvalue weighted by Gasteiger charge is 2.27. The molecule has 0 radical (unpaired) electrons. The van der Waals surface area contributed by atoms with Crippen LogP contribution in [0.2, 0.25) is 0 Å². The summed E-state index contributed by atoms with van der Waals surface area (Å²) in [5.41, 5.74) is 7.99. The molecule has 0 spiro atoms. The number of nitrogen functional groups attached to an aromatic ring is 1. The Morgan fingerprint density at radius 3 is 2.53 bits per heavy atom. The molecule has 2 heterocycles. The molecule has 1 aliphatic carbocycles. The first-order valence-corrected chi connectivity index (χ1v) is 6.91. The van der Waals surface area contributed by atoms with Gasteiger partial charge in [-0.3, -0.25) is 4.98 Å². The van der Waals surface area contributed by atoms with Gasteiger partial charge in [-0.05, 0) is 36.5 Å². The summed E-state index contributed by atoms with van der Waals surface area (Å²) in [4.78, 5) is 4.05. The number of nitrogens with two attached hydrogens (primary N) is 1. The highest BCUT2D eigenvalue weighted by atomic mass is 16.5. The topological polar surface area (TPSA) is 64.9 Å². The number of nitrogens with zero attached hydrogens (tertiary/aromatic N) is 2. The normalized spacial score (nSPS) is 23.4. The lowest BCUT2D eigenvalue weighted by Crippen LogP contribution is -2.11. The molecule has 0 amide bonds. The van der Waals surface area contributed by atoms with Gasteiger partial charge in [-0.1, -0.05) is 24.9 Å². The van der Waals surface area contributed by atoms with Crippen LogP contribution in [0.1, 0.15) is 44.3 Å². The molecule has 0 atom stereocenters. The van der Waals surface area contributed by atoms with Crippen molar-refractivity contribution in [1.29, 1.82) is 0 Å². The Hall–Kier alpha value is -1.84.